The molecule has 1 unspecified atom stereocenters. The van der Waals surface area contributed by atoms with E-state index < -0.39 is 0 Å². The number of allylic oxidation sites excluding steroid dienone is 10. The van der Waals surface area contributed by atoms with E-state index in [2.05, 4.69) is 84.3 Å². The topological polar surface area (TPSA) is 98.0 Å². The third-order valence-corrected chi connectivity index (χ3v) is 5.51. The molecule has 0 spiro atoms. The second-order valence-corrected chi connectivity index (χ2v) is 8.24. The number of ether oxygens (including phenoxy) is 1. The van der Waals surface area contributed by atoms with E-state index >= 15 is 0 Å². The van der Waals surface area contributed by atoms with E-state index in [1.165, 1.54) is 0 Å². The van der Waals surface area contributed by atoms with Crippen LogP contribution < -0.4 is 21.8 Å². The summed E-state index contributed by atoms with van der Waals surface area (Å²) in [6.45, 7) is 2.54. The number of rotatable bonds is 7. The van der Waals surface area contributed by atoms with Gasteiger partial charge in [-0.3, -0.25) is 4.99 Å². The van der Waals surface area contributed by atoms with Crippen molar-refractivity contribution < 1.29 is 4.74 Å². The van der Waals surface area contributed by atoms with Crippen molar-refractivity contribution in [3.05, 3.63) is 108 Å². The lowest BCUT2D eigenvalue weighted by atomic mass is 10.0. The molecule has 1 aromatic carbocycles. The molecule has 1 aromatic rings. The van der Waals surface area contributed by atoms with E-state index in [1.807, 2.05) is 30.3 Å². The zero-order valence-electron chi connectivity index (χ0n) is 20.3. The smallest absolute Gasteiger partial charge is 0.140 e. The minimum atomic E-state index is 0.140. The SMILES string of the molecule is CC1/C=C\C/C=C\C/C=C\C(/C=C/c2ccc(OCC3=CC=CCC=C3C/C(=N/N)NN)cc2)=N1. The predicted octanol–water partition coefficient (Wildman–Crippen LogP) is 5.31. The summed E-state index contributed by atoms with van der Waals surface area (Å²) >= 11 is 0. The van der Waals surface area contributed by atoms with E-state index in [0.717, 1.165) is 47.4 Å². The average molecular weight is 470 g/mol. The highest BCUT2D eigenvalue weighted by Crippen LogP contribution is 2.21. The van der Waals surface area contributed by atoms with Gasteiger partial charge >= 0.3 is 0 Å². The summed E-state index contributed by atoms with van der Waals surface area (Å²) in [5.74, 6) is 12.2. The Kier molecular flexibility index (Phi) is 10.6. The molecule has 35 heavy (non-hydrogen) atoms. The highest BCUT2D eigenvalue weighted by molar-refractivity contribution is 6.06. The molecule has 0 bridgehead atoms. The van der Waals surface area contributed by atoms with Gasteiger partial charge in [0.15, 0.2) is 0 Å². The van der Waals surface area contributed by atoms with E-state index in [4.69, 9.17) is 21.4 Å². The molecule has 1 aliphatic carbocycles. The Morgan fingerprint density at radius 2 is 1.86 bits per heavy atom. The van der Waals surface area contributed by atoms with Gasteiger partial charge < -0.3 is 16.0 Å². The van der Waals surface area contributed by atoms with Crippen molar-refractivity contribution in [3.8, 4) is 5.75 Å². The van der Waals surface area contributed by atoms with Crippen molar-refractivity contribution in [1.82, 2.24) is 5.43 Å². The van der Waals surface area contributed by atoms with Gasteiger partial charge in [-0.2, -0.15) is 5.10 Å². The Balaban J connectivity index is 1.63. The van der Waals surface area contributed by atoms with Crippen LogP contribution in [-0.2, 0) is 0 Å². The third-order valence-electron chi connectivity index (χ3n) is 5.51. The fourth-order valence-electron chi connectivity index (χ4n) is 3.60. The third kappa shape index (κ3) is 9.10. The zero-order chi connectivity index (χ0) is 24.7. The van der Waals surface area contributed by atoms with Crippen LogP contribution in [0.1, 0.15) is 38.2 Å². The Bertz CT molecular complexity index is 1100. The quantitative estimate of drug-likeness (QED) is 0.166. The second kappa shape index (κ2) is 14.4. The minimum Gasteiger partial charge on any atom is -0.489 e. The van der Waals surface area contributed by atoms with Gasteiger partial charge in [-0.05, 0) is 67.2 Å². The van der Waals surface area contributed by atoms with Crippen molar-refractivity contribution in [3.63, 3.8) is 0 Å². The molecule has 182 valence electrons. The van der Waals surface area contributed by atoms with Crippen LogP contribution in [0.2, 0.25) is 0 Å². The van der Waals surface area contributed by atoms with E-state index in [-0.39, 0.29) is 6.04 Å². The van der Waals surface area contributed by atoms with Crippen molar-refractivity contribution >= 4 is 17.6 Å². The minimum absolute atomic E-state index is 0.140. The van der Waals surface area contributed by atoms with E-state index in [9.17, 15) is 0 Å². The fourth-order valence-corrected chi connectivity index (χ4v) is 3.60. The number of hydrogen-bond donors (Lipinski definition) is 3. The van der Waals surface area contributed by atoms with E-state index in [0.29, 0.717) is 18.9 Å². The molecular formula is C29H35N5O. The maximum absolute atomic E-state index is 6.07. The molecule has 0 fully saturated rings. The maximum Gasteiger partial charge on any atom is 0.140 e. The molecule has 2 aliphatic rings. The summed E-state index contributed by atoms with van der Waals surface area (Å²) in [7, 11) is 0. The average Bonchev–Trinajstić information content (AvgIpc) is 3.12. The number of nitrogens with one attached hydrogen (secondary N) is 1. The Morgan fingerprint density at radius 1 is 1.06 bits per heavy atom. The molecule has 0 aromatic heterocycles. The van der Waals surface area contributed by atoms with Crippen molar-refractivity contribution in [2.24, 2.45) is 21.8 Å². The van der Waals surface area contributed by atoms with Crippen LogP contribution in [0.15, 0.2) is 112 Å². The maximum atomic E-state index is 6.07. The van der Waals surface area contributed by atoms with Gasteiger partial charge in [-0.25, -0.2) is 5.84 Å². The fraction of sp³-hybridized carbons (Fsp3) is 0.241. The second-order valence-electron chi connectivity index (χ2n) is 8.24. The summed E-state index contributed by atoms with van der Waals surface area (Å²) in [5, 5.41) is 3.70. The highest BCUT2D eigenvalue weighted by Gasteiger charge is 2.11. The molecule has 6 nitrogen and oxygen atoms in total. The van der Waals surface area contributed by atoms with Crippen LogP contribution in [0.3, 0.4) is 0 Å². The van der Waals surface area contributed by atoms with Crippen molar-refractivity contribution in [2.75, 3.05) is 6.61 Å². The Labute approximate surface area is 208 Å². The van der Waals surface area contributed by atoms with Crippen LogP contribution in [0.4, 0.5) is 0 Å². The van der Waals surface area contributed by atoms with Gasteiger partial charge in [0.05, 0.1) is 11.8 Å². The molecule has 1 heterocycles. The molecule has 0 saturated heterocycles. The largest absolute Gasteiger partial charge is 0.489 e. The Morgan fingerprint density at radius 3 is 2.63 bits per heavy atom. The number of nitrogens with two attached hydrogens (primary N) is 2. The number of benzene rings is 1. The molecule has 3 rings (SSSR count). The van der Waals surface area contributed by atoms with Crippen LogP contribution in [0.25, 0.3) is 6.08 Å². The van der Waals surface area contributed by atoms with Crippen LogP contribution in [0, 0.1) is 0 Å². The standard InChI is InChI=1S/C29H35N5O/c1-23-11-7-4-2-3-5-10-14-27(32-23)18-15-24-16-19-28(20-17-24)35-22-26-13-9-6-8-12-25(26)21-29(33-30)34-31/h2-3,6-7,9-20,23H,4-5,8,21-22,30-31H2,1H3,(H,33,34)/b3-2-,11-7-,14-10-,18-15+,32-27?. The van der Waals surface area contributed by atoms with Crippen LogP contribution in [0.5, 0.6) is 5.75 Å². The number of hydrogen-bond acceptors (Lipinski definition) is 5. The highest BCUT2D eigenvalue weighted by atomic mass is 16.5. The molecule has 1 aliphatic heterocycles. The first-order valence-corrected chi connectivity index (χ1v) is 11.9. The normalized spacial score (nSPS) is 21.7. The summed E-state index contributed by atoms with van der Waals surface area (Å²) in [5.41, 5.74) is 6.74. The first-order valence-electron chi connectivity index (χ1n) is 11.9. The zero-order valence-corrected chi connectivity index (χ0v) is 20.3. The van der Waals surface area contributed by atoms with Crippen molar-refractivity contribution in [1.29, 1.82) is 0 Å². The molecule has 1 atom stereocenters. The summed E-state index contributed by atoms with van der Waals surface area (Å²) in [4.78, 5) is 4.80. The van der Waals surface area contributed by atoms with Gasteiger partial charge in [0, 0.05) is 6.42 Å². The summed E-state index contributed by atoms with van der Waals surface area (Å²) < 4.78 is 6.07. The lowest BCUT2D eigenvalue weighted by molar-refractivity contribution is 0.354. The lowest BCUT2D eigenvalue weighted by Gasteiger charge is -2.14. The predicted molar refractivity (Wildman–Crippen MR) is 148 cm³/mol. The first-order chi connectivity index (χ1) is 17.2. The van der Waals surface area contributed by atoms with Gasteiger partial charge in [0.1, 0.15) is 18.2 Å². The molecule has 0 amide bonds. The van der Waals surface area contributed by atoms with Gasteiger partial charge in [0.2, 0.25) is 0 Å². The number of hydrazone groups is 1. The summed E-state index contributed by atoms with van der Waals surface area (Å²) in [6.07, 6.45) is 28.6. The monoisotopic (exact) mass is 469 g/mol. The van der Waals surface area contributed by atoms with Crippen molar-refractivity contribution in [2.45, 2.75) is 38.6 Å². The number of nitrogens with zero attached hydrogens (tertiary/aromatic N) is 2. The molecular weight excluding hydrogens is 434 g/mol. The molecule has 6 heteroatoms. The van der Waals surface area contributed by atoms with Crippen LogP contribution in [-0.4, -0.2) is 24.2 Å². The number of amidine groups is 1. The summed E-state index contributed by atoms with van der Waals surface area (Å²) in [6, 6.07) is 8.19. The Hall–Kier alpha value is -3.90. The molecule has 5 N–H and O–H groups in total. The van der Waals surface area contributed by atoms with E-state index in [1.54, 1.807) is 0 Å². The van der Waals surface area contributed by atoms with Gasteiger partial charge in [-0.1, -0.05) is 72.9 Å². The number of aliphatic imine (C=N–C) groups is 1. The lowest BCUT2D eigenvalue weighted by Crippen LogP contribution is -2.31. The van der Waals surface area contributed by atoms with Crippen LogP contribution >= 0.6 is 0 Å². The van der Waals surface area contributed by atoms with Gasteiger partial charge in [-0.15, -0.1) is 0 Å². The first kappa shape index (κ1) is 25.7. The molecule has 0 radical (unpaired) electrons. The molecule has 0 saturated carbocycles. The van der Waals surface area contributed by atoms with Gasteiger partial charge in [0.25, 0.3) is 0 Å². The number of hydrazine groups is 1.